The van der Waals surface area contributed by atoms with Gasteiger partial charge in [0.2, 0.25) is 5.95 Å². The second kappa shape index (κ2) is 9.41. The molecule has 2 aromatic carbocycles. The molecule has 0 saturated carbocycles. The minimum atomic E-state index is 0.556. The molecular formula is C24H26N4O2. The number of fused-ring (bicyclic) bond motifs is 7. The van der Waals surface area contributed by atoms with Gasteiger partial charge in [0.1, 0.15) is 0 Å². The number of hydrogen-bond donors (Lipinski definition) is 1. The van der Waals surface area contributed by atoms with Gasteiger partial charge < -0.3 is 14.8 Å². The monoisotopic (exact) mass is 402 g/mol. The zero-order valence-corrected chi connectivity index (χ0v) is 17.3. The number of hydrogen-bond acceptors (Lipinski definition) is 6. The predicted octanol–water partition coefficient (Wildman–Crippen LogP) is 4.67. The third-order valence-corrected chi connectivity index (χ3v) is 4.88. The fourth-order valence-corrected chi connectivity index (χ4v) is 3.39. The van der Waals surface area contributed by atoms with Gasteiger partial charge in [-0.2, -0.15) is 0 Å². The van der Waals surface area contributed by atoms with Crippen molar-refractivity contribution in [3.8, 4) is 22.8 Å². The number of benzene rings is 2. The molecular weight excluding hydrogens is 376 g/mol. The molecule has 0 amide bonds. The summed E-state index contributed by atoms with van der Waals surface area (Å²) in [4.78, 5) is 11.3. The number of rotatable bonds is 1. The van der Waals surface area contributed by atoms with Crippen LogP contribution in [0.4, 0.5) is 11.6 Å². The van der Waals surface area contributed by atoms with Gasteiger partial charge in [-0.05, 0) is 55.4 Å². The smallest absolute Gasteiger partial charge is 0.227 e. The lowest BCUT2D eigenvalue weighted by Gasteiger charge is -2.16. The summed E-state index contributed by atoms with van der Waals surface area (Å²) in [5.41, 5.74) is 3.96. The molecule has 0 saturated heterocycles. The van der Waals surface area contributed by atoms with E-state index in [1.165, 1.54) is 5.56 Å². The largest absolute Gasteiger partial charge is 0.493 e. The molecule has 6 heteroatoms. The maximum Gasteiger partial charge on any atom is 0.227 e. The van der Waals surface area contributed by atoms with E-state index in [0.29, 0.717) is 24.1 Å². The highest BCUT2D eigenvalue weighted by molar-refractivity contribution is 5.65. The lowest BCUT2D eigenvalue weighted by atomic mass is 10.1. The summed E-state index contributed by atoms with van der Waals surface area (Å²) in [6, 6.07) is 16.1. The van der Waals surface area contributed by atoms with Gasteiger partial charge in [-0.3, -0.25) is 4.90 Å². The standard InChI is InChI=1S/C24H26N4O2/c1-28-13-4-3-5-14-30-23-16-19(9-10-22(23)29-2)21-11-12-25-24(27-21)26-20-8-6-7-18(15-20)17-28/h3-4,6-12,15-16H,5,13-14,17H2,1-2H3,(H,25,26,27). The van der Waals surface area contributed by atoms with Crippen LogP contribution < -0.4 is 14.8 Å². The Morgan fingerprint density at radius 2 is 2.03 bits per heavy atom. The van der Waals surface area contributed by atoms with Crippen molar-refractivity contribution in [2.24, 2.45) is 0 Å². The fourth-order valence-electron chi connectivity index (χ4n) is 3.39. The van der Waals surface area contributed by atoms with Crippen molar-refractivity contribution >= 4 is 11.6 Å². The molecule has 0 unspecified atom stereocenters. The summed E-state index contributed by atoms with van der Waals surface area (Å²) in [6.07, 6.45) is 6.93. The van der Waals surface area contributed by atoms with Crippen molar-refractivity contribution in [2.45, 2.75) is 13.0 Å². The van der Waals surface area contributed by atoms with E-state index in [4.69, 9.17) is 14.5 Å². The Labute approximate surface area is 177 Å². The van der Waals surface area contributed by atoms with Gasteiger partial charge in [0.05, 0.1) is 19.4 Å². The first-order chi connectivity index (χ1) is 14.7. The van der Waals surface area contributed by atoms with Crippen LogP contribution in [0.15, 0.2) is 66.9 Å². The maximum atomic E-state index is 6.00. The van der Waals surface area contributed by atoms with Crippen molar-refractivity contribution in [1.29, 1.82) is 0 Å². The van der Waals surface area contributed by atoms with Gasteiger partial charge in [0.15, 0.2) is 11.5 Å². The molecule has 2 heterocycles. The lowest BCUT2D eigenvalue weighted by Crippen LogP contribution is -2.17. The van der Waals surface area contributed by atoms with Gasteiger partial charge in [0.25, 0.3) is 0 Å². The number of nitrogens with zero attached hydrogens (tertiary/aromatic N) is 3. The van der Waals surface area contributed by atoms with E-state index in [1.807, 2.05) is 30.3 Å². The molecule has 0 spiro atoms. The molecule has 1 aliphatic heterocycles. The molecule has 1 aliphatic rings. The van der Waals surface area contributed by atoms with Crippen LogP contribution in [0.2, 0.25) is 0 Å². The zero-order valence-electron chi connectivity index (χ0n) is 17.3. The Kier molecular flexibility index (Phi) is 6.25. The van der Waals surface area contributed by atoms with Crippen LogP contribution in [0.1, 0.15) is 12.0 Å². The highest BCUT2D eigenvalue weighted by Gasteiger charge is 2.10. The Morgan fingerprint density at radius 1 is 1.10 bits per heavy atom. The molecule has 1 N–H and O–H groups in total. The maximum absolute atomic E-state index is 6.00. The van der Waals surface area contributed by atoms with Crippen LogP contribution in [0.3, 0.4) is 0 Å². The minimum Gasteiger partial charge on any atom is -0.493 e. The van der Waals surface area contributed by atoms with Crippen molar-refractivity contribution in [2.75, 3.05) is 32.6 Å². The number of ether oxygens (including phenoxy) is 2. The highest BCUT2D eigenvalue weighted by Crippen LogP contribution is 2.32. The third kappa shape index (κ3) is 4.96. The minimum absolute atomic E-state index is 0.556. The second-order valence-electron chi connectivity index (χ2n) is 7.26. The van der Waals surface area contributed by atoms with E-state index in [-0.39, 0.29) is 0 Å². The van der Waals surface area contributed by atoms with Gasteiger partial charge in [-0.25, -0.2) is 9.97 Å². The number of methoxy groups -OCH3 is 1. The summed E-state index contributed by atoms with van der Waals surface area (Å²) in [6.45, 7) is 2.32. The molecule has 1 aromatic heterocycles. The van der Waals surface area contributed by atoms with Gasteiger partial charge in [0, 0.05) is 30.5 Å². The van der Waals surface area contributed by atoms with Crippen LogP contribution in [-0.2, 0) is 6.54 Å². The Morgan fingerprint density at radius 3 is 2.93 bits per heavy atom. The molecule has 154 valence electrons. The predicted molar refractivity (Wildman–Crippen MR) is 119 cm³/mol. The Balaban J connectivity index is 1.70. The highest BCUT2D eigenvalue weighted by atomic mass is 16.5. The fraction of sp³-hybridized carbons (Fsp3) is 0.250. The molecule has 0 atom stereocenters. The van der Waals surface area contributed by atoms with E-state index < -0.39 is 0 Å². The van der Waals surface area contributed by atoms with Crippen molar-refractivity contribution in [3.05, 3.63) is 72.4 Å². The molecule has 6 nitrogen and oxygen atoms in total. The molecule has 30 heavy (non-hydrogen) atoms. The van der Waals surface area contributed by atoms with Gasteiger partial charge >= 0.3 is 0 Å². The molecule has 3 aromatic rings. The number of nitrogens with one attached hydrogen (secondary N) is 1. The quantitative estimate of drug-likeness (QED) is 0.597. The van der Waals surface area contributed by atoms with E-state index in [1.54, 1.807) is 13.3 Å². The normalized spacial score (nSPS) is 14.7. The Hall–Kier alpha value is -3.38. The third-order valence-electron chi connectivity index (χ3n) is 4.88. The van der Waals surface area contributed by atoms with E-state index in [9.17, 15) is 0 Å². The first kappa shape index (κ1) is 19.9. The van der Waals surface area contributed by atoms with Crippen molar-refractivity contribution in [3.63, 3.8) is 0 Å². The number of aromatic nitrogens is 2. The molecule has 0 aliphatic carbocycles. The average Bonchev–Trinajstić information content (AvgIpc) is 2.76. The topological polar surface area (TPSA) is 59.5 Å². The summed E-state index contributed by atoms with van der Waals surface area (Å²) in [5, 5.41) is 3.32. The van der Waals surface area contributed by atoms with Crippen LogP contribution in [-0.4, -0.2) is 42.2 Å². The second-order valence-corrected chi connectivity index (χ2v) is 7.26. The SMILES string of the molecule is COc1ccc2cc1OCCC=CCN(C)Cc1cccc(c1)Nc1nccc-2n1. The number of likely N-dealkylation sites (N-methyl/N-ethyl adjacent to an activating group) is 1. The van der Waals surface area contributed by atoms with Crippen molar-refractivity contribution in [1.82, 2.24) is 14.9 Å². The van der Waals surface area contributed by atoms with Crippen LogP contribution in [0, 0.1) is 0 Å². The lowest BCUT2D eigenvalue weighted by molar-refractivity contribution is 0.299. The number of anilines is 2. The van der Waals surface area contributed by atoms with Gasteiger partial charge in [-0.15, -0.1) is 0 Å². The molecule has 0 radical (unpaired) electrons. The molecule has 0 fully saturated rings. The summed E-state index contributed by atoms with van der Waals surface area (Å²) in [5.74, 6) is 1.98. The van der Waals surface area contributed by atoms with Crippen molar-refractivity contribution < 1.29 is 9.47 Å². The summed E-state index contributed by atoms with van der Waals surface area (Å²) >= 11 is 0. The van der Waals surface area contributed by atoms with Crippen LogP contribution in [0.5, 0.6) is 11.5 Å². The van der Waals surface area contributed by atoms with Crippen LogP contribution >= 0.6 is 0 Å². The van der Waals surface area contributed by atoms with Gasteiger partial charge in [-0.1, -0.05) is 24.3 Å². The van der Waals surface area contributed by atoms with E-state index in [2.05, 4.69) is 52.6 Å². The summed E-state index contributed by atoms with van der Waals surface area (Å²) < 4.78 is 11.5. The average molecular weight is 402 g/mol. The first-order valence-corrected chi connectivity index (χ1v) is 10.0. The van der Waals surface area contributed by atoms with E-state index >= 15 is 0 Å². The molecule has 4 rings (SSSR count). The zero-order chi connectivity index (χ0) is 20.8. The Bertz CT molecular complexity index is 1040. The summed E-state index contributed by atoms with van der Waals surface area (Å²) in [7, 11) is 3.76. The molecule has 6 bridgehead atoms. The van der Waals surface area contributed by atoms with E-state index in [0.717, 1.165) is 36.5 Å². The first-order valence-electron chi connectivity index (χ1n) is 10.0. The van der Waals surface area contributed by atoms with Crippen LogP contribution in [0.25, 0.3) is 11.3 Å².